The van der Waals surface area contributed by atoms with Gasteiger partial charge in [0.05, 0.1) is 14.2 Å². The van der Waals surface area contributed by atoms with Gasteiger partial charge < -0.3 is 19.5 Å². The lowest BCUT2D eigenvalue weighted by Crippen LogP contribution is -2.03. The summed E-state index contributed by atoms with van der Waals surface area (Å²) in [6, 6.07) is 7.42. The maximum atomic E-state index is 5.53. The Bertz CT molecular complexity index is 523. The van der Waals surface area contributed by atoms with Crippen molar-refractivity contribution >= 4 is 5.95 Å². The van der Waals surface area contributed by atoms with Gasteiger partial charge in [-0.25, -0.2) is 0 Å². The minimum absolute atomic E-state index is 0.154. The summed E-state index contributed by atoms with van der Waals surface area (Å²) in [4.78, 5) is 12.1. The number of rotatable bonds is 5. The second-order valence-corrected chi connectivity index (χ2v) is 3.46. The summed E-state index contributed by atoms with van der Waals surface area (Å²) in [5.74, 6) is 1.71. The summed E-state index contributed by atoms with van der Waals surface area (Å²) < 4.78 is 15.6. The summed E-state index contributed by atoms with van der Waals surface area (Å²) in [6.45, 7) is 0. The highest BCUT2D eigenvalue weighted by molar-refractivity contribution is 5.34. The predicted octanol–water partition coefficient (Wildman–Crippen LogP) is 1.72. The topological polar surface area (TPSA) is 78.4 Å². The van der Waals surface area contributed by atoms with Gasteiger partial charge >= 0.3 is 12.0 Å². The van der Waals surface area contributed by atoms with Crippen LogP contribution in [0.5, 0.6) is 23.5 Å². The first-order chi connectivity index (χ1) is 9.25. The summed E-state index contributed by atoms with van der Waals surface area (Å²) in [5.41, 5.74) is 0. The van der Waals surface area contributed by atoms with Crippen LogP contribution in [0.2, 0.25) is 0 Å². The van der Waals surface area contributed by atoms with Crippen molar-refractivity contribution in [3.8, 4) is 23.5 Å². The van der Waals surface area contributed by atoms with Crippen molar-refractivity contribution in [3.05, 3.63) is 24.3 Å². The van der Waals surface area contributed by atoms with E-state index in [1.165, 1.54) is 7.11 Å². The van der Waals surface area contributed by atoms with Gasteiger partial charge in [-0.3, -0.25) is 0 Å². The minimum Gasteiger partial charge on any atom is -0.497 e. The highest BCUT2D eigenvalue weighted by Gasteiger charge is 2.07. The van der Waals surface area contributed by atoms with E-state index in [0.717, 1.165) is 5.75 Å². The van der Waals surface area contributed by atoms with Crippen LogP contribution in [-0.4, -0.2) is 36.2 Å². The molecule has 100 valence electrons. The Morgan fingerprint density at radius 1 is 0.842 bits per heavy atom. The van der Waals surface area contributed by atoms with Crippen LogP contribution in [0.1, 0.15) is 0 Å². The van der Waals surface area contributed by atoms with Gasteiger partial charge in [0, 0.05) is 7.05 Å². The van der Waals surface area contributed by atoms with Crippen molar-refractivity contribution in [1.82, 2.24) is 15.0 Å². The fourth-order valence-electron chi connectivity index (χ4n) is 1.34. The average molecular weight is 262 g/mol. The van der Waals surface area contributed by atoms with Crippen molar-refractivity contribution in [3.63, 3.8) is 0 Å². The molecule has 0 aliphatic rings. The Kier molecular flexibility index (Phi) is 3.97. The third-order valence-corrected chi connectivity index (χ3v) is 2.27. The molecule has 0 spiro atoms. The molecular formula is C12H14N4O3. The molecule has 2 rings (SSSR count). The fourth-order valence-corrected chi connectivity index (χ4v) is 1.34. The molecule has 1 N–H and O–H groups in total. The van der Waals surface area contributed by atoms with Crippen LogP contribution < -0.4 is 19.5 Å². The van der Waals surface area contributed by atoms with Crippen LogP contribution in [0.4, 0.5) is 5.95 Å². The Hall–Kier alpha value is -2.57. The Balaban J connectivity index is 2.21. The van der Waals surface area contributed by atoms with Crippen LogP contribution in [0, 0.1) is 0 Å². The van der Waals surface area contributed by atoms with Crippen molar-refractivity contribution in [2.24, 2.45) is 0 Å². The monoisotopic (exact) mass is 262 g/mol. The molecule has 0 fully saturated rings. The van der Waals surface area contributed by atoms with Crippen molar-refractivity contribution < 1.29 is 14.2 Å². The van der Waals surface area contributed by atoms with E-state index in [9.17, 15) is 0 Å². The van der Waals surface area contributed by atoms with Gasteiger partial charge in [-0.2, -0.15) is 9.97 Å². The van der Waals surface area contributed by atoms with Gasteiger partial charge in [0.25, 0.3) is 0 Å². The zero-order valence-electron chi connectivity index (χ0n) is 10.9. The Morgan fingerprint density at radius 2 is 1.47 bits per heavy atom. The molecule has 2 aromatic rings. The predicted molar refractivity (Wildman–Crippen MR) is 69.0 cm³/mol. The van der Waals surface area contributed by atoms with Crippen LogP contribution in [-0.2, 0) is 0 Å². The van der Waals surface area contributed by atoms with E-state index in [4.69, 9.17) is 14.2 Å². The number of aromatic nitrogens is 3. The molecular weight excluding hydrogens is 248 g/mol. The first-order valence-electron chi connectivity index (χ1n) is 5.55. The van der Waals surface area contributed by atoms with E-state index in [2.05, 4.69) is 20.3 Å². The second kappa shape index (κ2) is 5.85. The highest BCUT2D eigenvalue weighted by Crippen LogP contribution is 2.22. The number of nitrogens with zero attached hydrogens (tertiary/aromatic N) is 3. The molecule has 0 unspecified atom stereocenters. The average Bonchev–Trinajstić information content (AvgIpc) is 2.47. The van der Waals surface area contributed by atoms with E-state index in [-0.39, 0.29) is 12.0 Å². The maximum Gasteiger partial charge on any atom is 0.330 e. The molecule has 0 aliphatic carbocycles. The standard InChI is InChI=1S/C12H14N4O3/c1-13-10-14-11(18-3)16-12(15-10)19-9-6-4-8(17-2)5-7-9/h4-7H,1-3H3,(H,13,14,15,16). The number of nitrogens with one attached hydrogen (secondary N) is 1. The van der Waals surface area contributed by atoms with Crippen LogP contribution >= 0.6 is 0 Å². The van der Waals surface area contributed by atoms with Gasteiger partial charge in [-0.1, -0.05) is 0 Å². The van der Waals surface area contributed by atoms with Crippen LogP contribution in [0.25, 0.3) is 0 Å². The smallest absolute Gasteiger partial charge is 0.330 e. The van der Waals surface area contributed by atoms with Crippen molar-refractivity contribution in [2.45, 2.75) is 0 Å². The molecule has 0 amide bonds. The normalized spacial score (nSPS) is 9.84. The van der Waals surface area contributed by atoms with Gasteiger partial charge in [0.2, 0.25) is 5.95 Å². The molecule has 0 saturated carbocycles. The number of hydrogen-bond donors (Lipinski definition) is 1. The molecule has 1 aromatic heterocycles. The molecule has 0 radical (unpaired) electrons. The summed E-state index contributed by atoms with van der Waals surface area (Å²) in [5, 5.41) is 2.80. The molecule has 1 aromatic carbocycles. The summed E-state index contributed by atoms with van der Waals surface area (Å²) in [7, 11) is 4.78. The largest absolute Gasteiger partial charge is 0.497 e. The lowest BCUT2D eigenvalue weighted by atomic mass is 10.3. The van der Waals surface area contributed by atoms with E-state index in [1.807, 2.05) is 0 Å². The molecule has 1 heterocycles. The zero-order chi connectivity index (χ0) is 13.7. The second-order valence-electron chi connectivity index (χ2n) is 3.46. The molecule has 0 bridgehead atoms. The lowest BCUT2D eigenvalue weighted by Gasteiger charge is -2.07. The number of ether oxygens (including phenoxy) is 3. The van der Waals surface area contributed by atoms with E-state index >= 15 is 0 Å². The van der Waals surface area contributed by atoms with E-state index in [0.29, 0.717) is 11.7 Å². The fraction of sp³-hybridized carbons (Fsp3) is 0.250. The molecule has 0 aliphatic heterocycles. The molecule has 7 heteroatoms. The molecule has 19 heavy (non-hydrogen) atoms. The third-order valence-electron chi connectivity index (χ3n) is 2.27. The minimum atomic E-state index is 0.154. The zero-order valence-corrected chi connectivity index (χ0v) is 10.9. The highest BCUT2D eigenvalue weighted by atomic mass is 16.5. The van der Waals surface area contributed by atoms with Crippen LogP contribution in [0.15, 0.2) is 24.3 Å². The van der Waals surface area contributed by atoms with Gasteiger partial charge in [-0.05, 0) is 24.3 Å². The van der Waals surface area contributed by atoms with Gasteiger partial charge in [0.15, 0.2) is 0 Å². The van der Waals surface area contributed by atoms with Gasteiger partial charge in [0.1, 0.15) is 11.5 Å². The number of methoxy groups -OCH3 is 2. The summed E-state index contributed by atoms with van der Waals surface area (Å²) in [6.07, 6.45) is 0. The molecule has 0 saturated heterocycles. The first-order valence-corrected chi connectivity index (χ1v) is 5.55. The quantitative estimate of drug-likeness (QED) is 0.878. The maximum absolute atomic E-state index is 5.53. The molecule has 7 nitrogen and oxygen atoms in total. The SMILES string of the molecule is CNc1nc(OC)nc(Oc2ccc(OC)cc2)n1. The van der Waals surface area contributed by atoms with Gasteiger partial charge in [-0.15, -0.1) is 4.98 Å². The Labute approximate surface area is 110 Å². The first kappa shape index (κ1) is 12.9. The Morgan fingerprint density at radius 3 is 2.05 bits per heavy atom. The number of hydrogen-bond acceptors (Lipinski definition) is 7. The van der Waals surface area contributed by atoms with Crippen molar-refractivity contribution in [2.75, 3.05) is 26.6 Å². The van der Waals surface area contributed by atoms with E-state index in [1.54, 1.807) is 38.4 Å². The number of anilines is 1. The third kappa shape index (κ3) is 3.21. The molecule has 0 atom stereocenters. The van der Waals surface area contributed by atoms with E-state index < -0.39 is 0 Å². The summed E-state index contributed by atoms with van der Waals surface area (Å²) >= 11 is 0. The van der Waals surface area contributed by atoms with Crippen LogP contribution in [0.3, 0.4) is 0 Å². The number of benzene rings is 1. The van der Waals surface area contributed by atoms with Crippen molar-refractivity contribution in [1.29, 1.82) is 0 Å². The lowest BCUT2D eigenvalue weighted by molar-refractivity contribution is 0.360.